The molecule has 0 aromatic heterocycles. The van der Waals surface area contributed by atoms with Gasteiger partial charge in [0.25, 0.3) is 0 Å². The number of hydrogen-bond donors (Lipinski definition) is 2. The van der Waals surface area contributed by atoms with E-state index in [1.807, 2.05) is 6.92 Å². The molecular formula is C10H21NO2. The Morgan fingerprint density at radius 1 is 1.46 bits per heavy atom. The van der Waals surface area contributed by atoms with E-state index in [1.54, 1.807) is 0 Å². The molecule has 0 aromatic rings. The highest BCUT2D eigenvalue weighted by Gasteiger charge is 2.22. The molecule has 0 spiro atoms. The Labute approximate surface area is 80.4 Å². The summed E-state index contributed by atoms with van der Waals surface area (Å²) in [6, 6.07) is 0.494. The molecule has 0 amide bonds. The minimum atomic E-state index is -0.251. The largest absolute Gasteiger partial charge is 0.396 e. The van der Waals surface area contributed by atoms with Gasteiger partial charge in [0.05, 0.1) is 6.10 Å². The van der Waals surface area contributed by atoms with Gasteiger partial charge in [-0.15, -0.1) is 0 Å². The summed E-state index contributed by atoms with van der Waals surface area (Å²) in [5, 5.41) is 18.2. The molecule has 2 atom stereocenters. The molecule has 3 heteroatoms. The zero-order chi connectivity index (χ0) is 9.68. The van der Waals surface area contributed by atoms with Crippen molar-refractivity contribution in [1.29, 1.82) is 0 Å². The first-order valence-electron chi connectivity index (χ1n) is 5.27. The summed E-state index contributed by atoms with van der Waals surface area (Å²) in [5.74, 6) is 0. The van der Waals surface area contributed by atoms with Gasteiger partial charge in [0.1, 0.15) is 0 Å². The molecule has 1 heterocycles. The van der Waals surface area contributed by atoms with Crippen LogP contribution in [0.25, 0.3) is 0 Å². The van der Waals surface area contributed by atoms with Crippen molar-refractivity contribution in [3.63, 3.8) is 0 Å². The maximum atomic E-state index is 9.29. The first kappa shape index (κ1) is 11.0. The van der Waals surface area contributed by atoms with Crippen LogP contribution in [0.1, 0.15) is 32.6 Å². The van der Waals surface area contributed by atoms with E-state index in [2.05, 4.69) is 4.90 Å². The maximum Gasteiger partial charge on any atom is 0.0639 e. The van der Waals surface area contributed by atoms with Gasteiger partial charge in [-0.1, -0.05) is 6.42 Å². The van der Waals surface area contributed by atoms with Crippen LogP contribution < -0.4 is 0 Å². The fraction of sp³-hybridized carbons (Fsp3) is 1.00. The molecule has 0 aromatic carbocycles. The second kappa shape index (κ2) is 5.58. The van der Waals surface area contributed by atoms with Gasteiger partial charge in [0.2, 0.25) is 0 Å². The van der Waals surface area contributed by atoms with E-state index in [-0.39, 0.29) is 12.7 Å². The van der Waals surface area contributed by atoms with Gasteiger partial charge in [0.15, 0.2) is 0 Å². The molecule has 1 unspecified atom stereocenters. The SMILES string of the molecule is C[C@H](O)CN1CCCCC1CCO. The number of aliphatic hydroxyl groups excluding tert-OH is 2. The summed E-state index contributed by atoms with van der Waals surface area (Å²) in [6.45, 7) is 3.92. The number of likely N-dealkylation sites (tertiary alicyclic amines) is 1. The summed E-state index contributed by atoms with van der Waals surface area (Å²) < 4.78 is 0. The molecule has 1 saturated heterocycles. The highest BCUT2D eigenvalue weighted by atomic mass is 16.3. The molecule has 0 saturated carbocycles. The molecule has 0 bridgehead atoms. The third kappa shape index (κ3) is 3.63. The third-order valence-corrected chi connectivity index (χ3v) is 2.71. The van der Waals surface area contributed by atoms with Crippen LogP contribution in [-0.2, 0) is 0 Å². The number of piperidine rings is 1. The van der Waals surface area contributed by atoms with Crippen LogP contribution in [0.2, 0.25) is 0 Å². The van der Waals surface area contributed by atoms with Crippen LogP contribution in [0.5, 0.6) is 0 Å². The van der Waals surface area contributed by atoms with Crippen molar-refractivity contribution in [3.05, 3.63) is 0 Å². The lowest BCUT2D eigenvalue weighted by Gasteiger charge is -2.36. The number of aliphatic hydroxyl groups is 2. The standard InChI is InChI=1S/C10H21NO2/c1-9(13)8-11-6-3-2-4-10(11)5-7-12/h9-10,12-13H,2-8H2,1H3/t9-,10?/m0/s1. The van der Waals surface area contributed by atoms with E-state index in [0.717, 1.165) is 19.5 Å². The predicted molar refractivity (Wildman–Crippen MR) is 52.6 cm³/mol. The Morgan fingerprint density at radius 2 is 2.23 bits per heavy atom. The van der Waals surface area contributed by atoms with Crippen LogP contribution in [0.4, 0.5) is 0 Å². The molecule has 1 fully saturated rings. The highest BCUT2D eigenvalue weighted by molar-refractivity contribution is 4.77. The van der Waals surface area contributed by atoms with Crippen molar-refractivity contribution in [1.82, 2.24) is 4.90 Å². The zero-order valence-electron chi connectivity index (χ0n) is 8.45. The summed E-state index contributed by atoms with van der Waals surface area (Å²) in [4.78, 5) is 2.31. The Hall–Kier alpha value is -0.120. The van der Waals surface area contributed by atoms with Gasteiger partial charge in [0, 0.05) is 19.2 Å². The second-order valence-electron chi connectivity index (χ2n) is 4.01. The van der Waals surface area contributed by atoms with Crippen molar-refractivity contribution in [2.75, 3.05) is 19.7 Å². The van der Waals surface area contributed by atoms with Crippen molar-refractivity contribution >= 4 is 0 Å². The van der Waals surface area contributed by atoms with Gasteiger partial charge in [-0.05, 0) is 32.7 Å². The van der Waals surface area contributed by atoms with Crippen molar-refractivity contribution < 1.29 is 10.2 Å². The van der Waals surface area contributed by atoms with Gasteiger partial charge in [-0.25, -0.2) is 0 Å². The molecule has 1 aliphatic rings. The molecule has 0 radical (unpaired) electrons. The number of β-amino-alcohol motifs (C(OH)–C–C–N with tert-alkyl or cyclic N) is 1. The molecule has 1 aliphatic heterocycles. The van der Waals surface area contributed by atoms with Crippen LogP contribution >= 0.6 is 0 Å². The summed E-state index contributed by atoms with van der Waals surface area (Å²) in [6.07, 6.45) is 4.27. The minimum Gasteiger partial charge on any atom is -0.396 e. The van der Waals surface area contributed by atoms with Gasteiger partial charge >= 0.3 is 0 Å². The first-order chi connectivity index (χ1) is 6.24. The monoisotopic (exact) mass is 187 g/mol. The van der Waals surface area contributed by atoms with E-state index in [1.165, 1.54) is 19.3 Å². The molecule has 78 valence electrons. The Bertz CT molecular complexity index is 137. The average molecular weight is 187 g/mol. The lowest BCUT2D eigenvalue weighted by molar-refractivity contribution is 0.0646. The average Bonchev–Trinajstić information content (AvgIpc) is 2.08. The van der Waals surface area contributed by atoms with E-state index in [0.29, 0.717) is 6.04 Å². The van der Waals surface area contributed by atoms with Crippen LogP contribution in [-0.4, -0.2) is 47.0 Å². The van der Waals surface area contributed by atoms with E-state index >= 15 is 0 Å². The number of rotatable bonds is 4. The molecule has 3 nitrogen and oxygen atoms in total. The van der Waals surface area contributed by atoms with Crippen LogP contribution in [0.3, 0.4) is 0 Å². The predicted octanol–water partition coefficient (Wildman–Crippen LogP) is 0.604. The molecular weight excluding hydrogens is 166 g/mol. The molecule has 1 rings (SSSR count). The zero-order valence-corrected chi connectivity index (χ0v) is 8.45. The van der Waals surface area contributed by atoms with Crippen molar-refractivity contribution in [2.24, 2.45) is 0 Å². The van der Waals surface area contributed by atoms with Gasteiger partial charge in [-0.2, -0.15) is 0 Å². The number of nitrogens with zero attached hydrogens (tertiary/aromatic N) is 1. The van der Waals surface area contributed by atoms with Crippen molar-refractivity contribution in [2.45, 2.75) is 44.8 Å². The Kier molecular flexibility index (Phi) is 4.70. The summed E-state index contributed by atoms with van der Waals surface area (Å²) in [5.41, 5.74) is 0. The second-order valence-corrected chi connectivity index (χ2v) is 4.01. The smallest absolute Gasteiger partial charge is 0.0639 e. The normalized spacial score (nSPS) is 27.5. The summed E-state index contributed by atoms with van der Waals surface area (Å²) in [7, 11) is 0. The lowest BCUT2D eigenvalue weighted by Crippen LogP contribution is -2.43. The molecule has 13 heavy (non-hydrogen) atoms. The molecule has 2 N–H and O–H groups in total. The van der Waals surface area contributed by atoms with Gasteiger partial charge in [-0.3, -0.25) is 4.90 Å². The number of hydrogen-bond acceptors (Lipinski definition) is 3. The quantitative estimate of drug-likeness (QED) is 0.677. The van der Waals surface area contributed by atoms with E-state index < -0.39 is 0 Å². The van der Waals surface area contributed by atoms with E-state index in [4.69, 9.17) is 5.11 Å². The third-order valence-electron chi connectivity index (χ3n) is 2.71. The van der Waals surface area contributed by atoms with Crippen LogP contribution in [0, 0.1) is 0 Å². The fourth-order valence-electron chi connectivity index (χ4n) is 2.12. The van der Waals surface area contributed by atoms with Crippen molar-refractivity contribution in [3.8, 4) is 0 Å². The Balaban J connectivity index is 2.36. The van der Waals surface area contributed by atoms with Crippen LogP contribution in [0.15, 0.2) is 0 Å². The maximum absolute atomic E-state index is 9.29. The lowest BCUT2D eigenvalue weighted by atomic mass is 9.99. The van der Waals surface area contributed by atoms with Gasteiger partial charge < -0.3 is 10.2 Å². The molecule has 0 aliphatic carbocycles. The topological polar surface area (TPSA) is 43.7 Å². The fourth-order valence-corrected chi connectivity index (χ4v) is 2.12. The first-order valence-corrected chi connectivity index (χ1v) is 5.27. The van der Waals surface area contributed by atoms with E-state index in [9.17, 15) is 5.11 Å². The minimum absolute atomic E-state index is 0.251. The summed E-state index contributed by atoms with van der Waals surface area (Å²) >= 11 is 0. The highest BCUT2D eigenvalue weighted by Crippen LogP contribution is 2.19. The Morgan fingerprint density at radius 3 is 2.85 bits per heavy atom.